The van der Waals surface area contributed by atoms with Crippen molar-refractivity contribution in [2.45, 2.75) is 52.9 Å². The number of esters is 1. The van der Waals surface area contributed by atoms with Crippen molar-refractivity contribution in [2.75, 3.05) is 7.11 Å². The van der Waals surface area contributed by atoms with Crippen LogP contribution in [0.25, 0.3) is 0 Å². The molecule has 0 saturated heterocycles. The van der Waals surface area contributed by atoms with Crippen molar-refractivity contribution in [1.82, 2.24) is 0 Å². The largest absolute Gasteiger partial charge is 0.469 e. The van der Waals surface area contributed by atoms with Crippen LogP contribution in [-0.2, 0) is 21.4 Å². The van der Waals surface area contributed by atoms with E-state index in [1.54, 1.807) is 0 Å². The van der Waals surface area contributed by atoms with E-state index in [-0.39, 0.29) is 11.4 Å². The van der Waals surface area contributed by atoms with E-state index in [0.29, 0.717) is 6.42 Å². The Balaban J connectivity index is 2.98. The summed E-state index contributed by atoms with van der Waals surface area (Å²) in [5.41, 5.74) is 5.32. The molecule has 0 radical (unpaired) electrons. The number of aryl methyl sites for hydroxylation is 2. The molecule has 1 aromatic carbocycles. The zero-order chi connectivity index (χ0) is 13.9. The fourth-order valence-corrected chi connectivity index (χ4v) is 2.15. The van der Waals surface area contributed by atoms with E-state index in [4.69, 9.17) is 4.74 Å². The first-order chi connectivity index (χ1) is 8.25. The van der Waals surface area contributed by atoms with Gasteiger partial charge in [-0.1, -0.05) is 32.9 Å². The Morgan fingerprint density at radius 1 is 1.17 bits per heavy atom. The summed E-state index contributed by atoms with van der Waals surface area (Å²) in [7, 11) is 1.44. The summed E-state index contributed by atoms with van der Waals surface area (Å²) in [5.74, 6) is -0.145. The third kappa shape index (κ3) is 3.59. The molecule has 0 aromatic heterocycles. The van der Waals surface area contributed by atoms with Gasteiger partial charge in [-0.15, -0.1) is 0 Å². The highest BCUT2D eigenvalue weighted by molar-refractivity contribution is 5.69. The molecular weight excluding hydrogens is 224 g/mol. The summed E-state index contributed by atoms with van der Waals surface area (Å²) in [5, 5.41) is 0. The molecule has 2 nitrogen and oxygen atoms in total. The highest BCUT2D eigenvalue weighted by Gasteiger charge is 2.16. The Labute approximate surface area is 110 Å². The maximum Gasteiger partial charge on any atom is 0.305 e. The monoisotopic (exact) mass is 248 g/mol. The maximum atomic E-state index is 11.2. The fourth-order valence-electron chi connectivity index (χ4n) is 2.15. The number of rotatable bonds is 3. The number of hydrogen-bond donors (Lipinski definition) is 0. The van der Waals surface area contributed by atoms with Gasteiger partial charge < -0.3 is 4.74 Å². The van der Waals surface area contributed by atoms with Gasteiger partial charge in [0.15, 0.2) is 0 Å². The topological polar surface area (TPSA) is 26.3 Å². The van der Waals surface area contributed by atoms with Crippen molar-refractivity contribution in [3.63, 3.8) is 0 Å². The van der Waals surface area contributed by atoms with Gasteiger partial charge in [0, 0.05) is 6.42 Å². The molecule has 1 aromatic rings. The van der Waals surface area contributed by atoms with E-state index in [0.717, 1.165) is 6.42 Å². The standard InChI is InChI=1S/C16H24O2/c1-11-9-13(16(3,4)5)10-12(2)14(11)7-8-15(17)18-6/h9-10H,7-8H2,1-6H3. The Morgan fingerprint density at radius 2 is 1.67 bits per heavy atom. The maximum absolute atomic E-state index is 11.2. The van der Waals surface area contributed by atoms with Gasteiger partial charge in [0.25, 0.3) is 0 Å². The minimum Gasteiger partial charge on any atom is -0.469 e. The van der Waals surface area contributed by atoms with Crippen LogP contribution in [0.3, 0.4) is 0 Å². The SMILES string of the molecule is COC(=O)CCc1c(C)cc(C(C)(C)C)cc1C. The van der Waals surface area contributed by atoms with Crippen LogP contribution in [0.1, 0.15) is 49.4 Å². The molecule has 100 valence electrons. The van der Waals surface area contributed by atoms with Gasteiger partial charge in [-0.25, -0.2) is 0 Å². The lowest BCUT2D eigenvalue weighted by Crippen LogP contribution is -2.13. The summed E-state index contributed by atoms with van der Waals surface area (Å²) >= 11 is 0. The van der Waals surface area contributed by atoms with Crippen LogP contribution in [0.4, 0.5) is 0 Å². The number of carbonyl (C=O) groups is 1. The lowest BCUT2D eigenvalue weighted by molar-refractivity contribution is -0.140. The van der Waals surface area contributed by atoms with E-state index in [2.05, 4.69) is 46.8 Å². The summed E-state index contributed by atoms with van der Waals surface area (Å²) in [4.78, 5) is 11.2. The Kier molecular flexibility index (Phi) is 4.55. The van der Waals surface area contributed by atoms with E-state index in [1.165, 1.54) is 29.4 Å². The zero-order valence-corrected chi connectivity index (χ0v) is 12.4. The van der Waals surface area contributed by atoms with Gasteiger partial charge in [0.05, 0.1) is 7.11 Å². The van der Waals surface area contributed by atoms with Crippen molar-refractivity contribution in [3.05, 3.63) is 34.4 Å². The molecule has 2 heteroatoms. The first-order valence-corrected chi connectivity index (χ1v) is 6.43. The highest BCUT2D eigenvalue weighted by atomic mass is 16.5. The normalized spacial score (nSPS) is 11.4. The van der Waals surface area contributed by atoms with Crippen LogP contribution >= 0.6 is 0 Å². The van der Waals surface area contributed by atoms with Gasteiger partial charge in [-0.05, 0) is 47.9 Å². The van der Waals surface area contributed by atoms with Gasteiger partial charge in [-0.2, -0.15) is 0 Å². The second kappa shape index (κ2) is 5.55. The van der Waals surface area contributed by atoms with E-state index >= 15 is 0 Å². The fraction of sp³-hybridized carbons (Fsp3) is 0.562. The van der Waals surface area contributed by atoms with Crippen molar-refractivity contribution in [3.8, 4) is 0 Å². The van der Waals surface area contributed by atoms with Crippen LogP contribution in [0.5, 0.6) is 0 Å². The first kappa shape index (κ1) is 14.7. The van der Waals surface area contributed by atoms with Gasteiger partial charge in [0.1, 0.15) is 0 Å². The first-order valence-electron chi connectivity index (χ1n) is 6.43. The Morgan fingerprint density at radius 3 is 2.06 bits per heavy atom. The molecule has 0 aliphatic heterocycles. The Bertz CT molecular complexity index is 416. The summed E-state index contributed by atoms with van der Waals surface area (Å²) in [6.07, 6.45) is 1.21. The van der Waals surface area contributed by atoms with E-state index in [9.17, 15) is 4.79 Å². The third-order valence-electron chi connectivity index (χ3n) is 3.37. The molecule has 0 bridgehead atoms. The molecule has 18 heavy (non-hydrogen) atoms. The summed E-state index contributed by atoms with van der Waals surface area (Å²) in [6, 6.07) is 4.47. The molecule has 0 atom stereocenters. The predicted octanol–water partition coefficient (Wildman–Crippen LogP) is 3.71. The predicted molar refractivity (Wildman–Crippen MR) is 75.0 cm³/mol. The van der Waals surface area contributed by atoms with Gasteiger partial charge >= 0.3 is 5.97 Å². The van der Waals surface area contributed by atoms with Crippen LogP contribution in [0.2, 0.25) is 0 Å². The molecule has 0 spiro atoms. The molecule has 0 heterocycles. The quantitative estimate of drug-likeness (QED) is 0.762. The second-order valence-corrected chi connectivity index (χ2v) is 5.91. The van der Waals surface area contributed by atoms with Gasteiger partial charge in [0.2, 0.25) is 0 Å². The van der Waals surface area contributed by atoms with Crippen molar-refractivity contribution < 1.29 is 9.53 Å². The smallest absolute Gasteiger partial charge is 0.305 e. The molecule has 0 amide bonds. The molecule has 0 unspecified atom stereocenters. The molecule has 1 rings (SSSR count). The molecule has 0 aliphatic rings. The van der Waals surface area contributed by atoms with Crippen LogP contribution < -0.4 is 0 Å². The van der Waals surface area contributed by atoms with Crippen molar-refractivity contribution in [1.29, 1.82) is 0 Å². The lowest BCUT2D eigenvalue weighted by atomic mass is 9.83. The van der Waals surface area contributed by atoms with Crippen LogP contribution in [0, 0.1) is 13.8 Å². The van der Waals surface area contributed by atoms with Crippen molar-refractivity contribution >= 4 is 5.97 Å². The number of ether oxygens (including phenoxy) is 1. The molecule has 0 N–H and O–H groups in total. The van der Waals surface area contributed by atoms with Crippen molar-refractivity contribution in [2.24, 2.45) is 0 Å². The minimum atomic E-state index is -0.145. The molecule has 0 fully saturated rings. The molecule has 0 saturated carbocycles. The molecule has 0 aliphatic carbocycles. The number of methoxy groups -OCH3 is 1. The number of hydrogen-bond acceptors (Lipinski definition) is 2. The number of carbonyl (C=O) groups excluding carboxylic acids is 1. The third-order valence-corrected chi connectivity index (χ3v) is 3.37. The average Bonchev–Trinajstić information content (AvgIpc) is 2.26. The number of benzene rings is 1. The molecular formula is C16H24O2. The second-order valence-electron chi connectivity index (χ2n) is 5.91. The lowest BCUT2D eigenvalue weighted by Gasteiger charge is -2.22. The zero-order valence-electron chi connectivity index (χ0n) is 12.4. The van der Waals surface area contributed by atoms with E-state index < -0.39 is 0 Å². The van der Waals surface area contributed by atoms with E-state index in [1.807, 2.05) is 0 Å². The Hall–Kier alpha value is -1.31. The summed E-state index contributed by atoms with van der Waals surface area (Å²) < 4.78 is 4.69. The van der Waals surface area contributed by atoms with Gasteiger partial charge in [-0.3, -0.25) is 4.79 Å². The van der Waals surface area contributed by atoms with Crippen LogP contribution in [-0.4, -0.2) is 13.1 Å². The highest BCUT2D eigenvalue weighted by Crippen LogP contribution is 2.27. The minimum absolute atomic E-state index is 0.145. The summed E-state index contributed by atoms with van der Waals surface area (Å²) in [6.45, 7) is 10.9. The average molecular weight is 248 g/mol. The van der Waals surface area contributed by atoms with Crippen LogP contribution in [0.15, 0.2) is 12.1 Å².